The van der Waals surface area contributed by atoms with Gasteiger partial charge in [-0.05, 0) is 48.9 Å². The predicted octanol–water partition coefficient (Wildman–Crippen LogP) is 4.63. The number of hydrogen-bond donors (Lipinski definition) is 1. The fourth-order valence-corrected chi connectivity index (χ4v) is 3.15. The van der Waals surface area contributed by atoms with Crippen molar-refractivity contribution in [3.8, 4) is 5.75 Å². The number of benzene rings is 2. The van der Waals surface area contributed by atoms with Crippen molar-refractivity contribution in [1.29, 1.82) is 0 Å². The van der Waals surface area contributed by atoms with Crippen molar-refractivity contribution in [3.05, 3.63) is 63.1 Å². The maximum atomic E-state index is 6.14. The maximum absolute atomic E-state index is 6.14. The van der Waals surface area contributed by atoms with Gasteiger partial charge in [0.2, 0.25) is 0 Å². The molecule has 110 valence electrons. The lowest BCUT2D eigenvalue weighted by atomic mass is 9.96. The summed E-state index contributed by atoms with van der Waals surface area (Å²) in [5.41, 5.74) is 3.56. The van der Waals surface area contributed by atoms with Crippen LogP contribution in [-0.2, 0) is 6.42 Å². The van der Waals surface area contributed by atoms with Gasteiger partial charge in [0.15, 0.2) is 0 Å². The van der Waals surface area contributed by atoms with Crippen LogP contribution in [-0.4, -0.2) is 13.2 Å². The molecule has 2 unspecified atom stereocenters. The van der Waals surface area contributed by atoms with Crippen LogP contribution >= 0.6 is 23.2 Å². The molecule has 21 heavy (non-hydrogen) atoms. The normalized spacial score (nSPS) is 18.2. The average molecular weight is 322 g/mol. The van der Waals surface area contributed by atoms with Crippen LogP contribution in [0.5, 0.6) is 5.75 Å². The second-order valence-corrected chi connectivity index (χ2v) is 6.21. The molecule has 4 heteroatoms. The highest BCUT2D eigenvalue weighted by Gasteiger charge is 2.21. The van der Waals surface area contributed by atoms with Crippen molar-refractivity contribution in [3.63, 3.8) is 0 Å². The summed E-state index contributed by atoms with van der Waals surface area (Å²) in [6.07, 6.45) is 1.22. The van der Waals surface area contributed by atoms with E-state index in [1.54, 1.807) is 0 Å². The first-order valence-electron chi connectivity index (χ1n) is 7.00. The number of rotatable bonds is 3. The van der Waals surface area contributed by atoms with Gasteiger partial charge in [0.05, 0.1) is 16.1 Å². The topological polar surface area (TPSA) is 21.3 Å². The minimum absolute atomic E-state index is 0.0842. The van der Waals surface area contributed by atoms with E-state index >= 15 is 0 Å². The number of fused-ring (bicyclic) bond motifs is 1. The van der Waals surface area contributed by atoms with E-state index in [0.717, 1.165) is 17.7 Å². The van der Waals surface area contributed by atoms with Crippen molar-refractivity contribution < 1.29 is 4.74 Å². The fourth-order valence-electron chi connectivity index (χ4n) is 2.84. The molecule has 2 aromatic carbocycles. The summed E-state index contributed by atoms with van der Waals surface area (Å²) in [7, 11) is 1.94. The smallest absolute Gasteiger partial charge is 0.123 e. The van der Waals surface area contributed by atoms with Crippen molar-refractivity contribution in [1.82, 2.24) is 5.32 Å². The second kappa shape index (κ2) is 5.88. The summed E-state index contributed by atoms with van der Waals surface area (Å²) in [6.45, 7) is 2.09. The van der Waals surface area contributed by atoms with Gasteiger partial charge in [0.25, 0.3) is 0 Å². The number of ether oxygens (including phenoxy) is 1. The van der Waals surface area contributed by atoms with E-state index in [9.17, 15) is 0 Å². The Kier molecular flexibility index (Phi) is 4.12. The Hall–Kier alpha value is -1.22. The van der Waals surface area contributed by atoms with Gasteiger partial charge in [-0.25, -0.2) is 0 Å². The van der Waals surface area contributed by atoms with Crippen LogP contribution < -0.4 is 10.1 Å². The highest BCUT2D eigenvalue weighted by molar-refractivity contribution is 6.42. The summed E-state index contributed by atoms with van der Waals surface area (Å²) in [5.74, 6) is 0.996. The van der Waals surface area contributed by atoms with Crippen LogP contribution in [0.1, 0.15) is 29.7 Å². The third-order valence-corrected chi connectivity index (χ3v) is 4.56. The molecule has 1 aliphatic heterocycles. The molecule has 0 amide bonds. The van der Waals surface area contributed by atoms with Crippen molar-refractivity contribution in [2.24, 2.45) is 0 Å². The van der Waals surface area contributed by atoms with E-state index in [1.165, 1.54) is 11.1 Å². The molecule has 0 aliphatic carbocycles. The lowest BCUT2D eigenvalue weighted by Crippen LogP contribution is -2.17. The van der Waals surface area contributed by atoms with Gasteiger partial charge in [-0.2, -0.15) is 0 Å². The zero-order chi connectivity index (χ0) is 15.0. The van der Waals surface area contributed by atoms with Gasteiger partial charge in [-0.15, -0.1) is 0 Å². The Labute approximate surface area is 135 Å². The van der Waals surface area contributed by atoms with Crippen molar-refractivity contribution in [2.75, 3.05) is 7.05 Å². The van der Waals surface area contributed by atoms with Gasteiger partial charge in [-0.1, -0.05) is 41.4 Å². The van der Waals surface area contributed by atoms with Gasteiger partial charge >= 0.3 is 0 Å². The lowest BCUT2D eigenvalue weighted by molar-refractivity contribution is 0.254. The van der Waals surface area contributed by atoms with Crippen molar-refractivity contribution in [2.45, 2.75) is 25.5 Å². The zero-order valence-electron chi connectivity index (χ0n) is 12.0. The van der Waals surface area contributed by atoms with E-state index in [0.29, 0.717) is 10.0 Å². The molecule has 0 radical (unpaired) electrons. The van der Waals surface area contributed by atoms with Crippen LogP contribution in [0.4, 0.5) is 0 Å². The quantitative estimate of drug-likeness (QED) is 0.890. The Bertz CT molecular complexity index is 672. The summed E-state index contributed by atoms with van der Waals surface area (Å²) in [6, 6.07) is 12.2. The molecule has 0 aromatic heterocycles. The van der Waals surface area contributed by atoms with Crippen LogP contribution in [0.3, 0.4) is 0 Å². The Morgan fingerprint density at radius 2 is 1.81 bits per heavy atom. The molecule has 3 rings (SSSR count). The molecular formula is C17H17Cl2NO. The molecule has 0 fully saturated rings. The molecule has 0 bridgehead atoms. The standard InChI is InChI=1S/C17H17Cl2NO/c1-10-7-13-8-11(4-6-16(13)21-10)17(20-2)12-3-5-14(18)15(19)9-12/h3-6,8-10,17,20H,7H2,1-2H3. The molecule has 2 atom stereocenters. The maximum Gasteiger partial charge on any atom is 0.123 e. The van der Waals surface area contributed by atoms with Crippen LogP contribution in [0.15, 0.2) is 36.4 Å². The Morgan fingerprint density at radius 1 is 1.10 bits per heavy atom. The minimum atomic E-state index is 0.0842. The molecule has 0 saturated carbocycles. The second-order valence-electron chi connectivity index (χ2n) is 5.39. The van der Waals surface area contributed by atoms with Crippen LogP contribution in [0, 0.1) is 0 Å². The third-order valence-electron chi connectivity index (χ3n) is 3.82. The molecule has 2 aromatic rings. The van der Waals surface area contributed by atoms with Gasteiger partial charge < -0.3 is 10.1 Å². The number of hydrogen-bond acceptors (Lipinski definition) is 2. The summed E-state index contributed by atoms with van der Waals surface area (Å²) in [4.78, 5) is 0. The van der Waals surface area contributed by atoms with E-state index in [4.69, 9.17) is 27.9 Å². The first-order chi connectivity index (χ1) is 10.1. The Balaban J connectivity index is 1.97. The van der Waals surface area contributed by atoms with Crippen LogP contribution in [0.25, 0.3) is 0 Å². The highest BCUT2D eigenvalue weighted by Crippen LogP contribution is 2.34. The summed E-state index contributed by atoms with van der Waals surface area (Å²) < 4.78 is 5.76. The van der Waals surface area contributed by atoms with Crippen LogP contribution in [0.2, 0.25) is 10.0 Å². The van der Waals surface area contributed by atoms with Gasteiger partial charge in [0, 0.05) is 6.42 Å². The number of halogens is 2. The van der Waals surface area contributed by atoms with Gasteiger partial charge in [-0.3, -0.25) is 0 Å². The minimum Gasteiger partial charge on any atom is -0.490 e. The molecule has 2 nitrogen and oxygen atoms in total. The molecule has 0 saturated heterocycles. The Morgan fingerprint density at radius 3 is 2.52 bits per heavy atom. The summed E-state index contributed by atoms with van der Waals surface area (Å²) in [5, 5.41) is 4.49. The molecule has 1 aliphatic rings. The van der Waals surface area contributed by atoms with E-state index in [-0.39, 0.29) is 12.1 Å². The lowest BCUT2D eigenvalue weighted by Gasteiger charge is -2.18. The van der Waals surface area contributed by atoms with E-state index < -0.39 is 0 Å². The monoisotopic (exact) mass is 321 g/mol. The molecule has 1 N–H and O–H groups in total. The molecular weight excluding hydrogens is 305 g/mol. The highest BCUT2D eigenvalue weighted by atomic mass is 35.5. The predicted molar refractivity (Wildman–Crippen MR) is 87.6 cm³/mol. The van der Waals surface area contributed by atoms with Gasteiger partial charge in [0.1, 0.15) is 11.9 Å². The molecule has 1 heterocycles. The molecule has 0 spiro atoms. The van der Waals surface area contributed by atoms with E-state index in [2.05, 4.69) is 30.4 Å². The first-order valence-corrected chi connectivity index (χ1v) is 7.75. The van der Waals surface area contributed by atoms with E-state index in [1.807, 2.05) is 25.2 Å². The first kappa shape index (κ1) is 14.7. The largest absolute Gasteiger partial charge is 0.490 e. The average Bonchev–Trinajstić information content (AvgIpc) is 2.83. The fraction of sp³-hybridized carbons (Fsp3) is 0.294. The summed E-state index contributed by atoms with van der Waals surface area (Å²) >= 11 is 12.1. The SMILES string of the molecule is CNC(c1ccc(Cl)c(Cl)c1)c1ccc2c(c1)CC(C)O2. The number of nitrogens with one attached hydrogen (secondary N) is 1. The zero-order valence-corrected chi connectivity index (χ0v) is 13.5. The van der Waals surface area contributed by atoms with Crippen molar-refractivity contribution >= 4 is 23.2 Å². The third kappa shape index (κ3) is 2.89.